The van der Waals surface area contributed by atoms with E-state index in [9.17, 15) is 9.59 Å². The van der Waals surface area contributed by atoms with E-state index in [1.54, 1.807) is 0 Å². The first-order valence-corrected chi connectivity index (χ1v) is 5.27. The number of aliphatic carboxylic acids is 2. The van der Waals surface area contributed by atoms with E-state index in [1.165, 1.54) is 0 Å². The number of hydrogen-bond acceptors (Lipinski definition) is 6. The Balaban J connectivity index is 0. The van der Waals surface area contributed by atoms with Gasteiger partial charge in [0.2, 0.25) is 0 Å². The Labute approximate surface area is 99.4 Å². The number of rotatable bonds is 6. The molecule has 0 spiro atoms. The fourth-order valence-corrected chi connectivity index (χ4v) is 0.696. The van der Waals surface area contributed by atoms with Crippen LogP contribution in [-0.4, -0.2) is 46.5 Å². The molecule has 2 atom stereocenters. The average Bonchev–Trinajstić information content (AvgIpc) is 2.25. The minimum absolute atomic E-state index is 0.190. The summed E-state index contributed by atoms with van der Waals surface area (Å²) in [5.74, 6) is -1.77. The Morgan fingerprint density at radius 3 is 1.75 bits per heavy atom. The van der Waals surface area contributed by atoms with E-state index in [2.05, 4.69) is 12.6 Å². The van der Waals surface area contributed by atoms with Crippen molar-refractivity contribution in [2.24, 2.45) is 17.2 Å². The van der Waals surface area contributed by atoms with E-state index in [4.69, 9.17) is 27.4 Å². The highest BCUT2D eigenvalue weighted by Gasteiger charge is 2.08. The lowest BCUT2D eigenvalue weighted by Crippen LogP contribution is -2.31. The Morgan fingerprint density at radius 1 is 1.12 bits per heavy atom. The summed E-state index contributed by atoms with van der Waals surface area (Å²) in [5, 5.41) is 16.3. The van der Waals surface area contributed by atoms with E-state index in [1.807, 2.05) is 0 Å². The van der Waals surface area contributed by atoms with Crippen LogP contribution in [0.25, 0.3) is 0 Å². The Bertz CT molecular complexity index is 215. The van der Waals surface area contributed by atoms with Crippen molar-refractivity contribution in [3.8, 4) is 0 Å². The molecule has 0 aliphatic rings. The van der Waals surface area contributed by atoms with Gasteiger partial charge in [0.15, 0.2) is 0 Å². The van der Waals surface area contributed by atoms with Crippen LogP contribution in [0.2, 0.25) is 0 Å². The van der Waals surface area contributed by atoms with Crippen LogP contribution in [0.4, 0.5) is 0 Å². The molecule has 0 radical (unpaired) electrons. The zero-order valence-corrected chi connectivity index (χ0v) is 9.77. The molecule has 0 aliphatic carbocycles. The topological polar surface area (TPSA) is 153 Å². The molecule has 96 valence electrons. The number of carboxylic acids is 2. The Morgan fingerprint density at radius 2 is 1.56 bits per heavy atom. The molecule has 0 aromatic heterocycles. The highest BCUT2D eigenvalue weighted by atomic mass is 32.1. The van der Waals surface area contributed by atoms with Crippen LogP contribution < -0.4 is 17.2 Å². The third kappa shape index (κ3) is 11.2. The molecule has 8 heteroatoms. The largest absolute Gasteiger partial charge is 0.480 e. The summed E-state index contributed by atoms with van der Waals surface area (Å²) >= 11 is 3.65. The predicted molar refractivity (Wildman–Crippen MR) is 63.4 cm³/mol. The summed E-state index contributed by atoms with van der Waals surface area (Å²) in [5.41, 5.74) is 15.2. The second-order valence-corrected chi connectivity index (χ2v) is 3.37. The van der Waals surface area contributed by atoms with Gasteiger partial charge in [0, 0.05) is 5.75 Å². The van der Waals surface area contributed by atoms with Crippen molar-refractivity contribution < 1.29 is 19.8 Å². The third-order valence-electron chi connectivity index (χ3n) is 1.55. The van der Waals surface area contributed by atoms with E-state index in [0.717, 1.165) is 0 Å². The normalized spacial score (nSPS) is 13.2. The predicted octanol–water partition coefficient (Wildman–Crippen LogP) is -1.53. The summed E-state index contributed by atoms with van der Waals surface area (Å²) in [6, 6.07) is -1.56. The monoisotopic (exact) mass is 253 g/mol. The lowest BCUT2D eigenvalue weighted by Gasteiger charge is -2.02. The minimum Gasteiger partial charge on any atom is -0.480 e. The SMILES string of the molecule is NCCC[C@H](N)C(=O)O.N[C@@H](CS)C(=O)O. The standard InChI is InChI=1S/C5H12N2O2.C3H7NO2S/c6-3-1-2-4(7)5(8)9;4-2(1-7)3(5)6/h4H,1-3,6-7H2,(H,8,9);2,7H,1,4H2,(H,5,6)/t4-;2-/m00/s1. The van der Waals surface area contributed by atoms with Gasteiger partial charge < -0.3 is 27.4 Å². The second kappa shape index (κ2) is 10.7. The summed E-state index contributed by atoms with van der Waals surface area (Å²) in [6.45, 7) is 0.501. The number of hydrogen-bond donors (Lipinski definition) is 6. The minimum atomic E-state index is -1.00. The summed E-state index contributed by atoms with van der Waals surface area (Å²) < 4.78 is 0. The Kier molecular flexibility index (Phi) is 11.7. The second-order valence-electron chi connectivity index (χ2n) is 3.00. The highest BCUT2D eigenvalue weighted by Crippen LogP contribution is 1.91. The molecular weight excluding hydrogens is 234 g/mol. The first-order chi connectivity index (χ1) is 7.36. The summed E-state index contributed by atoms with van der Waals surface area (Å²) in [6.07, 6.45) is 1.14. The number of carboxylic acid groups (broad SMARTS) is 2. The molecule has 0 saturated carbocycles. The molecule has 0 aromatic carbocycles. The molecule has 16 heavy (non-hydrogen) atoms. The molecule has 0 bridgehead atoms. The van der Waals surface area contributed by atoms with Gasteiger partial charge in [-0.15, -0.1) is 0 Å². The van der Waals surface area contributed by atoms with Gasteiger partial charge >= 0.3 is 11.9 Å². The molecule has 0 amide bonds. The highest BCUT2D eigenvalue weighted by molar-refractivity contribution is 7.80. The van der Waals surface area contributed by atoms with Gasteiger partial charge in [-0.25, -0.2) is 0 Å². The van der Waals surface area contributed by atoms with Gasteiger partial charge in [-0.2, -0.15) is 12.6 Å². The van der Waals surface area contributed by atoms with Crippen molar-refractivity contribution in [1.82, 2.24) is 0 Å². The Hall–Kier alpha value is -0.830. The molecule has 0 saturated heterocycles. The maximum atomic E-state index is 10.0. The van der Waals surface area contributed by atoms with Crippen LogP contribution in [0.5, 0.6) is 0 Å². The first kappa shape index (κ1) is 17.6. The van der Waals surface area contributed by atoms with E-state index < -0.39 is 24.0 Å². The average molecular weight is 253 g/mol. The summed E-state index contributed by atoms with van der Waals surface area (Å²) in [7, 11) is 0. The van der Waals surface area contributed by atoms with Crippen molar-refractivity contribution in [2.45, 2.75) is 24.9 Å². The van der Waals surface area contributed by atoms with Crippen LogP contribution in [0, 0.1) is 0 Å². The zero-order chi connectivity index (χ0) is 13.1. The molecule has 0 aromatic rings. The van der Waals surface area contributed by atoms with E-state index >= 15 is 0 Å². The molecule has 0 aliphatic heterocycles. The maximum absolute atomic E-state index is 10.0. The number of thiol groups is 1. The van der Waals surface area contributed by atoms with Crippen LogP contribution in [0.3, 0.4) is 0 Å². The van der Waals surface area contributed by atoms with Crippen molar-refractivity contribution >= 4 is 24.6 Å². The number of carbonyl (C=O) groups is 2. The van der Waals surface area contributed by atoms with Gasteiger partial charge in [-0.05, 0) is 19.4 Å². The van der Waals surface area contributed by atoms with Crippen molar-refractivity contribution in [1.29, 1.82) is 0 Å². The molecule has 7 nitrogen and oxygen atoms in total. The molecule has 0 rings (SSSR count). The van der Waals surface area contributed by atoms with Crippen LogP contribution in [0.15, 0.2) is 0 Å². The van der Waals surface area contributed by atoms with Crippen LogP contribution >= 0.6 is 12.6 Å². The molecule has 0 fully saturated rings. The van der Waals surface area contributed by atoms with E-state index in [0.29, 0.717) is 19.4 Å². The summed E-state index contributed by atoms with van der Waals surface area (Å²) in [4.78, 5) is 19.8. The first-order valence-electron chi connectivity index (χ1n) is 4.64. The van der Waals surface area contributed by atoms with Gasteiger partial charge in [0.05, 0.1) is 0 Å². The van der Waals surface area contributed by atoms with Gasteiger partial charge in [0.1, 0.15) is 12.1 Å². The fourth-order valence-electron chi connectivity index (χ4n) is 0.539. The maximum Gasteiger partial charge on any atom is 0.321 e. The van der Waals surface area contributed by atoms with Gasteiger partial charge in [-0.3, -0.25) is 9.59 Å². The quantitative estimate of drug-likeness (QED) is 0.314. The fraction of sp³-hybridized carbons (Fsp3) is 0.750. The molecule has 0 heterocycles. The lowest BCUT2D eigenvalue weighted by molar-refractivity contribution is -0.139. The molecule has 0 unspecified atom stereocenters. The van der Waals surface area contributed by atoms with Crippen molar-refractivity contribution in [3.05, 3.63) is 0 Å². The zero-order valence-electron chi connectivity index (χ0n) is 8.87. The van der Waals surface area contributed by atoms with Crippen LogP contribution in [-0.2, 0) is 9.59 Å². The smallest absolute Gasteiger partial charge is 0.321 e. The van der Waals surface area contributed by atoms with Crippen LogP contribution in [0.1, 0.15) is 12.8 Å². The van der Waals surface area contributed by atoms with Crippen molar-refractivity contribution in [2.75, 3.05) is 12.3 Å². The van der Waals surface area contributed by atoms with Gasteiger partial charge in [-0.1, -0.05) is 0 Å². The number of nitrogens with two attached hydrogens (primary N) is 3. The molecule has 8 N–H and O–H groups in total. The third-order valence-corrected chi connectivity index (χ3v) is 1.94. The lowest BCUT2D eigenvalue weighted by atomic mass is 10.2. The van der Waals surface area contributed by atoms with Crippen molar-refractivity contribution in [3.63, 3.8) is 0 Å². The van der Waals surface area contributed by atoms with Gasteiger partial charge in [0.25, 0.3) is 0 Å². The van der Waals surface area contributed by atoms with E-state index in [-0.39, 0.29) is 5.75 Å². The molecular formula is C8H19N3O4S.